The van der Waals surface area contributed by atoms with Crippen molar-refractivity contribution >= 4 is 56.3 Å². The Bertz CT molecular complexity index is 3610. The topological polar surface area (TPSA) is 385 Å². The standard InChI is InChI=1S/C23H31FN3O8P.C19H27FN2O7.C16H23FN5O6P/c1-14(2)33-21(30)15(3)26-36(31,35-17-9-7-6-8-10-17)32-13-18-20(29)23(5,24)22(34-18)27-12-11-19(28)25-16(27)4;1-10(2)12(23)8-27-9-13-15(29-16(25)11(3)4)19(5,20)17(28-13)22-7-6-14(24)21-18(22)26;1-5-24-13-10-12(20-15(18)21-13)22(7-19-10)14-16(4,17)11-9(26-14)6-25-29(23,28-11)27-8(2)3/h6-12,14-15,18,20,22,29H,4,13H2,1-3,5H3,(H,25,28)(H,26,31);6-7,10-11,13,15,17H,8-9H2,1-5H3,(H,21,24,26);7-9,11,14H,5-6H2,1-4H3,(H2,18,20,21)/t15-,18+,20+,22+,23+,36?;13-,15-,17-,19-;9-,11-,14-,16-,29?/m011/s1. The van der Waals surface area contributed by atoms with Crippen molar-refractivity contribution in [3.8, 4) is 11.6 Å². The van der Waals surface area contributed by atoms with Crippen LogP contribution in [0.25, 0.3) is 11.2 Å². The van der Waals surface area contributed by atoms with Gasteiger partial charge in [-0.15, -0.1) is 0 Å². The molecule has 0 aliphatic carbocycles. The number of anilines is 1. The first-order valence-electron chi connectivity index (χ1n) is 29.9. The second-order valence-electron chi connectivity index (χ2n) is 23.9. The van der Waals surface area contributed by atoms with Crippen molar-refractivity contribution in [2.45, 2.75) is 181 Å². The number of phosphoric acid groups is 1. The highest BCUT2D eigenvalue weighted by Gasteiger charge is 2.63. The Morgan fingerprint density at radius 2 is 1.55 bits per heavy atom. The van der Waals surface area contributed by atoms with E-state index in [2.05, 4.69) is 31.9 Å². The second-order valence-corrected chi connectivity index (χ2v) is 27.2. The largest absolute Gasteiger partial charge is 0.476 e. The van der Waals surface area contributed by atoms with E-state index in [-0.39, 0.29) is 60.6 Å². The smallest absolute Gasteiger partial charge is 0.475 e. The second kappa shape index (κ2) is 30.4. The van der Waals surface area contributed by atoms with E-state index < -0.39 is 148 Å². The number of aromatic amines is 1. The van der Waals surface area contributed by atoms with E-state index in [0.717, 1.165) is 36.8 Å². The number of nitrogens with zero attached hydrogens (tertiary/aromatic N) is 6. The van der Waals surface area contributed by atoms with E-state index in [4.69, 9.17) is 61.5 Å². The number of para-hydroxylation sites is 1. The molecule has 4 saturated heterocycles. The molecular weight excluding hydrogens is 1290 g/mol. The number of H-pyrrole nitrogens is 1. The number of phosphoric ester groups is 1. The number of ketones is 1. The normalized spacial score (nSPS) is 29.9. The number of imidazole rings is 1. The number of benzene rings is 1. The first-order chi connectivity index (χ1) is 43.9. The predicted molar refractivity (Wildman–Crippen MR) is 326 cm³/mol. The predicted octanol–water partition coefficient (Wildman–Crippen LogP) is 5.70. The van der Waals surface area contributed by atoms with E-state index in [0.29, 0.717) is 12.1 Å². The number of fused-ring (bicyclic) bond motifs is 2. The SMILES string of the molecule is C=C1NC(=O)C=CN1[C@@H]1O[C@H](COP(=O)(N[C@@H](C)C(=O)OC(C)C)Oc2ccccc2)[C@@H](O)[C@@]1(C)F.CC(C)C(=O)COC[C@H]1O[C@@H](n2ccc(=O)[nH]c2=O)[C@](C)(F)[C@@H]1OC(=O)C(C)C.CCOc1nc(N)nc2c1ncn2[C@@H]1O[C@@H]2COP(=O)(OC(C)C)O[C@H]2[C@@]1(C)F. The van der Waals surface area contributed by atoms with Gasteiger partial charge in [-0.1, -0.05) is 52.5 Å². The molecule has 1 amide bonds. The van der Waals surface area contributed by atoms with E-state index in [9.17, 15) is 43.0 Å². The summed E-state index contributed by atoms with van der Waals surface area (Å²) in [7, 11) is -8.16. The van der Waals surface area contributed by atoms with Crippen LogP contribution in [0, 0.1) is 11.8 Å². The zero-order chi connectivity index (χ0) is 69.6. The summed E-state index contributed by atoms with van der Waals surface area (Å²) in [6, 6.07) is 8.07. The van der Waals surface area contributed by atoms with Gasteiger partial charge in [0.1, 0.15) is 54.7 Å². The number of nitrogens with two attached hydrogens (primary N) is 1. The van der Waals surface area contributed by atoms with E-state index in [1.54, 1.807) is 80.5 Å². The third-order valence-electron chi connectivity index (χ3n) is 14.6. The third kappa shape index (κ3) is 17.6. The van der Waals surface area contributed by atoms with Gasteiger partial charge in [-0.05, 0) is 74.4 Å². The molecule has 0 spiro atoms. The maximum absolute atomic E-state index is 15.9. The first kappa shape index (κ1) is 74.5. The number of carbonyl (C=O) groups excluding carboxylic acids is 4. The number of hydrogen-bond acceptors (Lipinski definition) is 26. The fourth-order valence-electron chi connectivity index (χ4n) is 9.88. The lowest BCUT2D eigenvalue weighted by atomic mass is 9.98. The molecule has 2 unspecified atom stereocenters. The molecule has 36 heteroatoms. The highest BCUT2D eigenvalue weighted by atomic mass is 31.2. The van der Waals surface area contributed by atoms with Gasteiger partial charge < -0.3 is 58.7 Å². The van der Waals surface area contributed by atoms with Gasteiger partial charge in [0.25, 0.3) is 11.5 Å². The van der Waals surface area contributed by atoms with E-state index >= 15 is 13.2 Å². The fourth-order valence-corrected chi connectivity index (χ4v) is 13.0. The van der Waals surface area contributed by atoms with E-state index in [1.165, 1.54) is 48.0 Å². The number of carbonyl (C=O) groups is 4. The van der Waals surface area contributed by atoms with Gasteiger partial charge in [0.15, 0.2) is 58.7 Å². The molecule has 4 aromatic rings. The number of aliphatic hydroxyl groups is 1. The molecule has 94 heavy (non-hydrogen) atoms. The summed E-state index contributed by atoms with van der Waals surface area (Å²) in [5, 5.41) is 15.6. The molecule has 5 aliphatic rings. The van der Waals surface area contributed by atoms with Crippen LogP contribution in [0.3, 0.4) is 0 Å². The van der Waals surface area contributed by atoms with Gasteiger partial charge in [-0.3, -0.25) is 56.2 Å². The van der Waals surface area contributed by atoms with E-state index in [1.807, 2.05) is 4.98 Å². The molecule has 6 N–H and O–H groups in total. The third-order valence-corrected chi connectivity index (χ3v) is 17.9. The Hall–Kier alpha value is -6.94. The number of hydrogen-bond donors (Lipinski definition) is 5. The Morgan fingerprint density at radius 1 is 0.883 bits per heavy atom. The highest BCUT2D eigenvalue weighted by molar-refractivity contribution is 7.52. The lowest BCUT2D eigenvalue weighted by Crippen LogP contribution is -2.51. The molecule has 0 bridgehead atoms. The number of ether oxygens (including phenoxy) is 7. The number of Topliss-reactive ketones (excluding diaryl/α,β-unsaturated/α-hetero) is 1. The molecule has 0 radical (unpaired) electrons. The number of rotatable bonds is 23. The van der Waals surface area contributed by atoms with Crippen molar-refractivity contribution in [1.29, 1.82) is 0 Å². The number of nitrogen functional groups attached to an aromatic ring is 1. The number of halogens is 3. The monoisotopic (exact) mass is 1370 g/mol. The number of nitrogens with one attached hydrogen (secondary N) is 3. The molecule has 31 nitrogen and oxygen atoms in total. The van der Waals surface area contributed by atoms with Crippen molar-refractivity contribution < 1.29 is 102 Å². The minimum Gasteiger partial charge on any atom is -0.476 e. The van der Waals surface area contributed by atoms with Crippen molar-refractivity contribution in [2.24, 2.45) is 11.8 Å². The Labute approximate surface area is 538 Å². The van der Waals surface area contributed by atoms with Gasteiger partial charge in [0, 0.05) is 30.5 Å². The summed E-state index contributed by atoms with van der Waals surface area (Å²) in [5.74, 6) is -2.26. The van der Waals surface area contributed by atoms with Crippen LogP contribution in [0.4, 0.5) is 19.1 Å². The summed E-state index contributed by atoms with van der Waals surface area (Å²) in [6.07, 6.45) is -7.30. The van der Waals surface area contributed by atoms with Crippen LogP contribution >= 0.6 is 15.6 Å². The van der Waals surface area contributed by atoms with Gasteiger partial charge >= 0.3 is 33.2 Å². The molecule has 4 fully saturated rings. The number of aromatic nitrogens is 6. The summed E-state index contributed by atoms with van der Waals surface area (Å²) in [4.78, 5) is 86.7. The molecule has 0 saturated carbocycles. The van der Waals surface area contributed by atoms with Crippen LogP contribution in [-0.4, -0.2) is 174 Å². The maximum Gasteiger partial charge on any atom is 0.475 e. The van der Waals surface area contributed by atoms with Crippen LogP contribution < -0.4 is 36.6 Å². The summed E-state index contributed by atoms with van der Waals surface area (Å²) in [6.45, 7) is 23.0. The number of aliphatic hydroxyl groups excluding tert-OH is 1. The van der Waals surface area contributed by atoms with Crippen molar-refractivity contribution in [1.82, 2.24) is 44.4 Å². The summed E-state index contributed by atoms with van der Waals surface area (Å²) >= 11 is 0. The van der Waals surface area contributed by atoms with Crippen LogP contribution in [0.5, 0.6) is 11.6 Å². The average molecular weight is 1370 g/mol. The van der Waals surface area contributed by atoms with Crippen molar-refractivity contribution in [2.75, 3.05) is 38.8 Å². The number of alkyl halides is 3. The fraction of sp³-hybridized carbons (Fsp3) is 0.603. The van der Waals surface area contributed by atoms with Gasteiger partial charge in [0.2, 0.25) is 11.8 Å². The van der Waals surface area contributed by atoms with Crippen LogP contribution in [0.1, 0.15) is 102 Å². The molecule has 1 aromatic carbocycles. The lowest BCUT2D eigenvalue weighted by molar-refractivity contribution is -0.163. The zero-order valence-corrected chi connectivity index (χ0v) is 55.8. The van der Waals surface area contributed by atoms with Crippen LogP contribution in [-0.2, 0) is 74.8 Å². The summed E-state index contributed by atoms with van der Waals surface area (Å²) in [5.41, 5.74) is -1.88. The minimum absolute atomic E-state index is 0.0481. The molecule has 3 aromatic heterocycles. The molecule has 8 heterocycles. The lowest BCUT2D eigenvalue weighted by Gasteiger charge is -2.35. The highest BCUT2D eigenvalue weighted by Crippen LogP contribution is 2.60. The Morgan fingerprint density at radius 3 is 2.17 bits per heavy atom. The molecule has 15 atom stereocenters. The van der Waals surface area contributed by atoms with Gasteiger partial charge in [-0.25, -0.2) is 32.1 Å². The quantitative estimate of drug-likeness (QED) is 0.0439. The summed E-state index contributed by atoms with van der Waals surface area (Å²) < 4.78 is 141. The Balaban J connectivity index is 0.000000201. The molecular formula is C58H81F3N10O21P2. The van der Waals surface area contributed by atoms with Crippen LogP contribution in [0.15, 0.2) is 83.2 Å². The zero-order valence-electron chi connectivity index (χ0n) is 54.0. The van der Waals surface area contributed by atoms with Crippen molar-refractivity contribution in [3.63, 3.8) is 0 Å². The number of amides is 1. The first-order valence-corrected chi connectivity index (χ1v) is 32.9. The van der Waals surface area contributed by atoms with Gasteiger partial charge in [-0.2, -0.15) is 15.1 Å². The molecule has 9 rings (SSSR count). The maximum atomic E-state index is 15.9. The molecule has 5 aliphatic heterocycles. The van der Waals surface area contributed by atoms with Crippen molar-refractivity contribution in [3.05, 3.63) is 94.4 Å². The number of esters is 2. The molecule has 520 valence electrons. The Kier molecular flexibility index (Phi) is 24.1. The minimum atomic E-state index is -4.25. The van der Waals surface area contributed by atoms with Crippen LogP contribution in [0.2, 0.25) is 0 Å². The average Bonchev–Trinajstić information content (AvgIpc) is 1.59. The van der Waals surface area contributed by atoms with Gasteiger partial charge in [0.05, 0.1) is 50.9 Å².